The third-order valence-corrected chi connectivity index (χ3v) is 3.26. The van der Waals surface area contributed by atoms with E-state index in [0.717, 1.165) is 12.2 Å². The summed E-state index contributed by atoms with van der Waals surface area (Å²) in [4.78, 5) is 0. The monoisotopic (exact) mass is 247 g/mol. The quantitative estimate of drug-likeness (QED) is 0.807. The lowest BCUT2D eigenvalue weighted by molar-refractivity contribution is 0.617. The van der Waals surface area contributed by atoms with Crippen molar-refractivity contribution in [3.05, 3.63) is 34.6 Å². The molecular formula is C11H15ClFNS. The Morgan fingerprint density at radius 2 is 2.27 bits per heavy atom. The van der Waals surface area contributed by atoms with Crippen molar-refractivity contribution in [1.29, 1.82) is 0 Å². The predicted octanol–water partition coefficient (Wildman–Crippen LogP) is 3.45. The molecule has 0 radical (unpaired) electrons. The molecule has 0 saturated heterocycles. The van der Waals surface area contributed by atoms with Gasteiger partial charge in [0.2, 0.25) is 0 Å². The zero-order chi connectivity index (χ0) is 11.3. The maximum Gasteiger partial charge on any atom is 0.128 e. The Morgan fingerprint density at radius 1 is 1.53 bits per heavy atom. The van der Waals surface area contributed by atoms with E-state index in [4.69, 9.17) is 17.3 Å². The van der Waals surface area contributed by atoms with Gasteiger partial charge in [-0.1, -0.05) is 17.7 Å². The van der Waals surface area contributed by atoms with Crippen LogP contribution in [0.15, 0.2) is 18.2 Å². The van der Waals surface area contributed by atoms with Crippen LogP contribution >= 0.6 is 23.4 Å². The van der Waals surface area contributed by atoms with E-state index in [1.807, 2.05) is 6.92 Å². The second kappa shape index (κ2) is 6.36. The molecule has 1 unspecified atom stereocenters. The molecule has 1 aromatic carbocycles. The first-order valence-electron chi connectivity index (χ1n) is 4.87. The number of benzene rings is 1. The lowest BCUT2D eigenvalue weighted by Crippen LogP contribution is -2.15. The number of hydrogen-bond acceptors (Lipinski definition) is 2. The maximum absolute atomic E-state index is 13.3. The zero-order valence-electron chi connectivity index (χ0n) is 8.67. The summed E-state index contributed by atoms with van der Waals surface area (Å²) in [6.07, 6.45) is 0.958. The third kappa shape index (κ3) is 4.87. The molecule has 84 valence electrons. The van der Waals surface area contributed by atoms with Crippen LogP contribution in [0.25, 0.3) is 0 Å². The van der Waals surface area contributed by atoms with Crippen molar-refractivity contribution in [2.45, 2.75) is 25.1 Å². The van der Waals surface area contributed by atoms with Gasteiger partial charge in [0, 0.05) is 16.8 Å². The highest BCUT2D eigenvalue weighted by Crippen LogP contribution is 2.19. The highest BCUT2D eigenvalue weighted by atomic mass is 35.5. The molecule has 1 aromatic rings. The van der Waals surface area contributed by atoms with Crippen LogP contribution in [0.3, 0.4) is 0 Å². The molecule has 4 heteroatoms. The Balaban J connectivity index is 2.37. The van der Waals surface area contributed by atoms with Crippen molar-refractivity contribution < 1.29 is 4.39 Å². The van der Waals surface area contributed by atoms with E-state index in [1.54, 1.807) is 23.9 Å². The van der Waals surface area contributed by atoms with Gasteiger partial charge < -0.3 is 5.73 Å². The molecule has 0 saturated carbocycles. The van der Waals surface area contributed by atoms with Crippen LogP contribution in [0.4, 0.5) is 4.39 Å². The third-order valence-electron chi connectivity index (χ3n) is 1.99. The molecule has 1 rings (SSSR count). The van der Waals surface area contributed by atoms with Crippen LogP contribution in [0, 0.1) is 5.82 Å². The van der Waals surface area contributed by atoms with Gasteiger partial charge in [-0.3, -0.25) is 0 Å². The first-order valence-corrected chi connectivity index (χ1v) is 6.40. The molecule has 1 atom stereocenters. The van der Waals surface area contributed by atoms with Gasteiger partial charge in [0.05, 0.1) is 0 Å². The summed E-state index contributed by atoms with van der Waals surface area (Å²) in [5, 5.41) is 0.442. The molecule has 0 heterocycles. The molecule has 0 aromatic heterocycles. The maximum atomic E-state index is 13.3. The molecular weight excluding hydrogens is 233 g/mol. The number of halogens is 2. The van der Waals surface area contributed by atoms with Gasteiger partial charge in [0.15, 0.2) is 0 Å². The highest BCUT2D eigenvalue weighted by molar-refractivity contribution is 7.98. The van der Waals surface area contributed by atoms with E-state index < -0.39 is 0 Å². The van der Waals surface area contributed by atoms with E-state index in [2.05, 4.69) is 0 Å². The first kappa shape index (κ1) is 12.8. The summed E-state index contributed by atoms with van der Waals surface area (Å²) in [6.45, 7) is 1.98. The summed E-state index contributed by atoms with van der Waals surface area (Å²) >= 11 is 7.35. The molecule has 0 spiro atoms. The minimum absolute atomic E-state index is 0.215. The molecule has 15 heavy (non-hydrogen) atoms. The van der Waals surface area contributed by atoms with E-state index in [1.165, 1.54) is 6.07 Å². The summed E-state index contributed by atoms with van der Waals surface area (Å²) in [5.74, 6) is 1.41. The van der Waals surface area contributed by atoms with Gasteiger partial charge in [0.25, 0.3) is 0 Å². The Bertz CT molecular complexity index is 317. The lowest BCUT2D eigenvalue weighted by Gasteiger charge is -2.05. The Labute approximate surface area is 99.2 Å². The standard InChI is InChI=1S/C11H15ClFNS/c1-8(14)4-5-15-7-9-2-3-10(12)6-11(9)13/h2-3,6,8H,4-5,7,14H2,1H3. The van der Waals surface area contributed by atoms with Crippen molar-refractivity contribution in [2.24, 2.45) is 5.73 Å². The number of hydrogen-bond donors (Lipinski definition) is 1. The van der Waals surface area contributed by atoms with Crippen molar-refractivity contribution >= 4 is 23.4 Å². The van der Waals surface area contributed by atoms with Crippen LogP contribution in [0.5, 0.6) is 0 Å². The average Bonchev–Trinajstić information content (AvgIpc) is 2.14. The molecule has 0 amide bonds. The summed E-state index contributed by atoms with van der Waals surface area (Å²) in [5.41, 5.74) is 6.32. The SMILES string of the molecule is CC(N)CCSCc1ccc(Cl)cc1F. The molecule has 0 aliphatic rings. The topological polar surface area (TPSA) is 26.0 Å². The fourth-order valence-electron chi connectivity index (χ4n) is 1.09. The van der Waals surface area contributed by atoms with Crippen molar-refractivity contribution in [2.75, 3.05) is 5.75 Å². The van der Waals surface area contributed by atoms with Crippen LogP contribution in [0.1, 0.15) is 18.9 Å². The fourth-order valence-corrected chi connectivity index (χ4v) is 2.39. The highest BCUT2D eigenvalue weighted by Gasteiger charge is 2.03. The second-order valence-electron chi connectivity index (χ2n) is 3.55. The molecule has 1 nitrogen and oxygen atoms in total. The lowest BCUT2D eigenvalue weighted by atomic mass is 10.2. The smallest absolute Gasteiger partial charge is 0.128 e. The van der Waals surface area contributed by atoms with Crippen LogP contribution < -0.4 is 5.73 Å². The van der Waals surface area contributed by atoms with E-state index in [0.29, 0.717) is 16.3 Å². The molecule has 0 bridgehead atoms. The molecule has 0 aliphatic carbocycles. The molecule has 0 fully saturated rings. The van der Waals surface area contributed by atoms with Gasteiger partial charge in [-0.05, 0) is 36.8 Å². The fraction of sp³-hybridized carbons (Fsp3) is 0.455. The first-order chi connectivity index (χ1) is 7.09. The van der Waals surface area contributed by atoms with E-state index in [9.17, 15) is 4.39 Å². The van der Waals surface area contributed by atoms with Crippen LogP contribution in [-0.2, 0) is 5.75 Å². The normalized spacial score (nSPS) is 12.8. The van der Waals surface area contributed by atoms with E-state index in [-0.39, 0.29) is 11.9 Å². The summed E-state index contributed by atoms with van der Waals surface area (Å²) < 4.78 is 13.3. The minimum atomic E-state index is -0.226. The van der Waals surface area contributed by atoms with Gasteiger partial charge in [0.1, 0.15) is 5.82 Å². The summed E-state index contributed by atoms with van der Waals surface area (Å²) in [6, 6.07) is 5.01. The zero-order valence-corrected chi connectivity index (χ0v) is 10.2. The number of nitrogens with two attached hydrogens (primary N) is 1. The molecule has 2 N–H and O–H groups in total. The Kier molecular flexibility index (Phi) is 5.43. The minimum Gasteiger partial charge on any atom is -0.328 e. The second-order valence-corrected chi connectivity index (χ2v) is 5.10. The van der Waals surface area contributed by atoms with Gasteiger partial charge in [-0.2, -0.15) is 11.8 Å². The molecule has 0 aliphatic heterocycles. The van der Waals surface area contributed by atoms with Crippen molar-refractivity contribution in [3.8, 4) is 0 Å². The van der Waals surface area contributed by atoms with E-state index >= 15 is 0 Å². The van der Waals surface area contributed by atoms with Gasteiger partial charge >= 0.3 is 0 Å². The van der Waals surface area contributed by atoms with Crippen LogP contribution in [0.2, 0.25) is 5.02 Å². The number of thioether (sulfide) groups is 1. The average molecular weight is 248 g/mol. The predicted molar refractivity (Wildman–Crippen MR) is 65.8 cm³/mol. The van der Waals surface area contributed by atoms with Crippen molar-refractivity contribution in [1.82, 2.24) is 0 Å². The van der Waals surface area contributed by atoms with Crippen molar-refractivity contribution in [3.63, 3.8) is 0 Å². The summed E-state index contributed by atoms with van der Waals surface area (Å²) in [7, 11) is 0. The van der Waals surface area contributed by atoms with Crippen LogP contribution in [-0.4, -0.2) is 11.8 Å². The Morgan fingerprint density at radius 3 is 2.87 bits per heavy atom. The van der Waals surface area contributed by atoms with Gasteiger partial charge in [-0.15, -0.1) is 0 Å². The Hall–Kier alpha value is -0.250. The van der Waals surface area contributed by atoms with Gasteiger partial charge in [-0.25, -0.2) is 4.39 Å². The largest absolute Gasteiger partial charge is 0.328 e. The number of rotatable bonds is 5.